The summed E-state index contributed by atoms with van der Waals surface area (Å²) < 4.78 is 0. The molecule has 0 fully saturated rings. The van der Waals surface area contributed by atoms with Crippen LogP contribution in [0.3, 0.4) is 0 Å². The van der Waals surface area contributed by atoms with E-state index in [0.29, 0.717) is 12.7 Å². The van der Waals surface area contributed by atoms with Crippen LogP contribution in [0, 0.1) is 0 Å². The Balaban J connectivity index is 0.00000166. The summed E-state index contributed by atoms with van der Waals surface area (Å²) in [6, 6.07) is 44.6. The Morgan fingerprint density at radius 3 is 1.09 bits per heavy atom. The van der Waals surface area contributed by atoms with Crippen LogP contribution in [0.2, 0.25) is 0 Å². The first-order chi connectivity index (χ1) is 26.5. The fourth-order valence-electron chi connectivity index (χ4n) is 8.09. The van der Waals surface area contributed by atoms with Crippen molar-refractivity contribution < 1.29 is 12.7 Å². The van der Waals surface area contributed by atoms with Crippen molar-refractivity contribution in [3.8, 4) is 0 Å². The zero-order valence-electron chi connectivity index (χ0n) is 33.3. The molecule has 0 atom stereocenters. The Labute approximate surface area is 343 Å². The summed E-state index contributed by atoms with van der Waals surface area (Å²) in [5, 5.41) is 2.48. The normalized spacial score (nSPS) is 14.1. The topological polar surface area (TPSA) is 24.7 Å². The average Bonchev–Trinajstić information content (AvgIpc) is 3.51. The van der Waals surface area contributed by atoms with Gasteiger partial charge in [-0.3, -0.25) is 0 Å². The summed E-state index contributed by atoms with van der Waals surface area (Å²) in [6.45, 7) is 18.4. The molecule has 0 saturated carbocycles. The van der Waals surface area contributed by atoms with Gasteiger partial charge in [-0.05, 0) is 75.6 Å². The molecule has 0 N–H and O–H groups in total. The number of benzene rings is 6. The molecule has 5 heteroatoms. The second-order valence-electron chi connectivity index (χ2n) is 15.4. The molecule has 0 aliphatic heterocycles. The molecule has 0 amide bonds. The molecule has 0 heterocycles. The van der Waals surface area contributed by atoms with E-state index in [1.54, 1.807) is 0 Å². The molecular weight excluding hydrogens is 758 g/mol. The summed E-state index contributed by atoms with van der Waals surface area (Å²) in [4.78, 5) is 11.4. The summed E-state index contributed by atoms with van der Waals surface area (Å²) in [5.74, 6) is 0. The van der Waals surface area contributed by atoms with Crippen LogP contribution in [0.25, 0.3) is 10.8 Å². The van der Waals surface area contributed by atoms with Crippen molar-refractivity contribution in [2.75, 3.05) is 0 Å². The Kier molecular flexibility index (Phi) is 12.9. The third-order valence-electron chi connectivity index (χ3n) is 11.6. The number of aryl methyl sites for hydroxylation is 4. The van der Waals surface area contributed by atoms with E-state index in [1.165, 1.54) is 66.4 Å². The fraction of sp³-hybridized carbons (Fsp3) is 0.280. The van der Waals surface area contributed by atoms with Gasteiger partial charge < -0.3 is 0 Å². The molecule has 0 radical (unpaired) electrons. The molecule has 0 saturated heterocycles. The maximum atomic E-state index is 5.71. The first-order valence-electron chi connectivity index (χ1n) is 19.5. The fourth-order valence-corrected chi connectivity index (χ4v) is 8.09. The van der Waals surface area contributed by atoms with Crippen LogP contribution in [0.4, 0.5) is 11.4 Å². The van der Waals surface area contributed by atoms with Crippen LogP contribution in [-0.4, -0.2) is 11.4 Å². The van der Waals surface area contributed by atoms with Crippen LogP contribution in [0.5, 0.6) is 0 Å². The van der Waals surface area contributed by atoms with Crippen molar-refractivity contribution in [3.63, 3.8) is 0 Å². The predicted octanol–water partition coefficient (Wildman–Crippen LogP) is 14.4. The van der Waals surface area contributed by atoms with E-state index in [-0.39, 0.29) is 10.8 Å². The zero-order valence-corrected chi connectivity index (χ0v) is 35.8. The molecule has 0 aromatic heterocycles. The van der Waals surface area contributed by atoms with E-state index in [0.717, 1.165) is 48.5 Å². The van der Waals surface area contributed by atoms with E-state index in [9.17, 15) is 0 Å². The van der Waals surface area contributed by atoms with Gasteiger partial charge >= 0.3 is 33.0 Å². The van der Waals surface area contributed by atoms with Crippen LogP contribution in [0.15, 0.2) is 131 Å². The maximum absolute atomic E-state index is 5.71. The summed E-state index contributed by atoms with van der Waals surface area (Å²) in [7, 11) is 9.40. The number of hydrogen-bond acceptors (Lipinski definition) is 2. The molecule has 0 bridgehead atoms. The van der Waals surface area contributed by atoms with Crippen molar-refractivity contribution in [2.45, 2.75) is 91.9 Å². The number of rotatable bonds is 10. The van der Waals surface area contributed by atoms with Gasteiger partial charge in [0.05, 0.1) is 22.8 Å². The summed E-state index contributed by atoms with van der Waals surface area (Å²) in [5.41, 5.74) is 16.7. The standard InChI is InChI=1S/C50H52N2.2ClH.Ni/c1-9-33-29-40(49(5,6)38-23-15-13-16-24-38)30-34(10-2)45(33)51-47-42-27-19-21-37-22-20-28-43(44(37)42)48(47)52-46-35(11-3)31-41(32-36(46)12-4)50(7,8)39-25-17-14-18-26-39;;;/h13-32H,9-12H2,1-8H3;2*1H;/q;;;+2/p-2. The zero-order chi connectivity index (χ0) is 39.3. The summed E-state index contributed by atoms with van der Waals surface area (Å²) >= 11 is 0.569. The summed E-state index contributed by atoms with van der Waals surface area (Å²) in [6.07, 6.45) is 3.61. The van der Waals surface area contributed by atoms with Crippen LogP contribution < -0.4 is 0 Å². The molecule has 0 spiro atoms. The van der Waals surface area contributed by atoms with E-state index in [1.807, 2.05) is 0 Å². The molecule has 2 nitrogen and oxygen atoms in total. The van der Waals surface area contributed by atoms with Gasteiger partial charge in [0.1, 0.15) is 0 Å². The Morgan fingerprint density at radius 1 is 0.455 bits per heavy atom. The van der Waals surface area contributed by atoms with Crippen LogP contribution >= 0.6 is 20.4 Å². The Bertz CT molecular complexity index is 2150. The van der Waals surface area contributed by atoms with E-state index in [4.69, 9.17) is 30.4 Å². The van der Waals surface area contributed by atoms with Gasteiger partial charge in [-0.25, -0.2) is 9.98 Å². The minimum absolute atomic E-state index is 0.128. The van der Waals surface area contributed by atoms with Gasteiger partial charge in [-0.2, -0.15) is 0 Å². The van der Waals surface area contributed by atoms with Gasteiger partial charge in [-0.1, -0.05) is 177 Å². The molecule has 286 valence electrons. The molecule has 1 aliphatic rings. The van der Waals surface area contributed by atoms with E-state index < -0.39 is 0 Å². The van der Waals surface area contributed by atoms with Crippen LogP contribution in [0.1, 0.15) is 111 Å². The monoisotopic (exact) mass is 808 g/mol. The van der Waals surface area contributed by atoms with Crippen molar-refractivity contribution in [2.24, 2.45) is 9.98 Å². The molecule has 0 unspecified atom stereocenters. The van der Waals surface area contributed by atoms with Gasteiger partial charge in [0, 0.05) is 27.3 Å². The van der Waals surface area contributed by atoms with Gasteiger partial charge in [-0.15, -0.1) is 0 Å². The first kappa shape index (κ1) is 40.7. The number of halogens is 2. The van der Waals surface area contributed by atoms with Gasteiger partial charge in [0.15, 0.2) is 0 Å². The molecular formula is C50H52Cl2N2Ni. The minimum atomic E-state index is -0.128. The third-order valence-corrected chi connectivity index (χ3v) is 11.6. The van der Waals surface area contributed by atoms with E-state index >= 15 is 0 Å². The van der Waals surface area contributed by atoms with Crippen molar-refractivity contribution in [1.29, 1.82) is 0 Å². The van der Waals surface area contributed by atoms with Gasteiger partial charge in [0.25, 0.3) is 0 Å². The number of hydrogen-bond donors (Lipinski definition) is 0. The van der Waals surface area contributed by atoms with Crippen molar-refractivity contribution >= 4 is 54.0 Å². The number of aliphatic imine (C=N–C) groups is 2. The molecule has 6 aromatic rings. The Hall–Kier alpha value is -4.01. The Morgan fingerprint density at radius 2 is 0.782 bits per heavy atom. The van der Waals surface area contributed by atoms with Crippen molar-refractivity contribution in [1.82, 2.24) is 0 Å². The molecule has 55 heavy (non-hydrogen) atoms. The molecule has 1 aliphatic carbocycles. The molecule has 6 aromatic carbocycles. The SMILES string of the molecule is CCc1cc(C(C)(C)c2ccccc2)cc(CC)c1N=C1C(=Nc2c(CC)cc(C(C)(C)c3ccccc3)cc2CC)c2cccc3cccc1c23.[Cl][Ni][Cl]. The van der Waals surface area contributed by atoms with Gasteiger partial charge in [0.2, 0.25) is 0 Å². The second-order valence-corrected chi connectivity index (χ2v) is 17.0. The average molecular weight is 811 g/mol. The van der Waals surface area contributed by atoms with E-state index in [2.05, 4.69) is 177 Å². The number of nitrogens with zero attached hydrogens (tertiary/aromatic N) is 2. The van der Waals surface area contributed by atoms with Crippen LogP contribution in [-0.2, 0) is 49.2 Å². The molecule has 7 rings (SSSR count). The quantitative estimate of drug-likeness (QED) is 0.123. The predicted molar refractivity (Wildman–Crippen MR) is 236 cm³/mol. The first-order valence-corrected chi connectivity index (χ1v) is 22.2. The van der Waals surface area contributed by atoms with Crippen molar-refractivity contribution in [3.05, 3.63) is 177 Å². The third kappa shape index (κ3) is 8.00. The second kappa shape index (κ2) is 17.4.